The Morgan fingerprint density at radius 2 is 1.95 bits per heavy atom. The van der Waals surface area contributed by atoms with Crippen molar-refractivity contribution in [2.24, 2.45) is 11.3 Å². The second-order valence-corrected chi connectivity index (χ2v) is 6.88. The van der Waals surface area contributed by atoms with E-state index in [4.69, 9.17) is 0 Å². The van der Waals surface area contributed by atoms with Crippen molar-refractivity contribution in [1.29, 1.82) is 0 Å². The maximum Gasteiger partial charge on any atom is 0.160 e. The molecule has 2 heteroatoms. The van der Waals surface area contributed by atoms with Gasteiger partial charge in [0, 0.05) is 23.9 Å². The highest BCUT2D eigenvalue weighted by Gasteiger charge is 2.33. The van der Waals surface area contributed by atoms with Crippen molar-refractivity contribution in [3.63, 3.8) is 0 Å². The Kier molecular flexibility index (Phi) is 4.87. The number of hydrogen-bond acceptors (Lipinski definition) is 2. The van der Waals surface area contributed by atoms with E-state index < -0.39 is 0 Å². The molecule has 0 spiro atoms. The lowest BCUT2D eigenvalue weighted by Crippen LogP contribution is -2.29. The molecule has 0 amide bonds. The van der Waals surface area contributed by atoms with Crippen LogP contribution in [0, 0.1) is 18.3 Å². The maximum absolute atomic E-state index is 12.1. The second kappa shape index (κ2) is 6.46. The highest BCUT2D eigenvalue weighted by Crippen LogP contribution is 2.41. The molecule has 2 rings (SSSR count). The molecule has 1 fully saturated rings. The van der Waals surface area contributed by atoms with Crippen LogP contribution in [0.5, 0.6) is 0 Å². The zero-order chi connectivity index (χ0) is 15.5. The molecule has 0 unspecified atom stereocenters. The van der Waals surface area contributed by atoms with Crippen LogP contribution in [0.4, 0.5) is 5.69 Å². The lowest BCUT2D eigenvalue weighted by Gasteiger charge is -2.36. The quantitative estimate of drug-likeness (QED) is 0.780. The van der Waals surface area contributed by atoms with Gasteiger partial charge >= 0.3 is 0 Å². The zero-order valence-corrected chi connectivity index (χ0v) is 13.7. The Morgan fingerprint density at radius 3 is 2.57 bits per heavy atom. The van der Waals surface area contributed by atoms with Crippen molar-refractivity contribution >= 4 is 11.5 Å². The van der Waals surface area contributed by atoms with Gasteiger partial charge < -0.3 is 5.32 Å². The molecule has 1 aliphatic carbocycles. The van der Waals surface area contributed by atoms with E-state index in [0.717, 1.165) is 30.5 Å². The number of allylic oxidation sites excluding steroid dienone is 1. The van der Waals surface area contributed by atoms with E-state index in [9.17, 15) is 4.79 Å². The number of hydrogen-bond donors (Lipinski definition) is 1. The number of benzene rings is 1. The van der Waals surface area contributed by atoms with Crippen LogP contribution in [0.2, 0.25) is 0 Å². The van der Waals surface area contributed by atoms with Crippen molar-refractivity contribution in [3.8, 4) is 0 Å². The normalized spacial score (nSPS) is 21.6. The van der Waals surface area contributed by atoms with Crippen molar-refractivity contribution in [3.05, 3.63) is 41.6 Å². The Balaban J connectivity index is 2.07. The Hall–Kier alpha value is -1.57. The average molecular weight is 285 g/mol. The van der Waals surface area contributed by atoms with Gasteiger partial charge in [0.25, 0.3) is 0 Å². The zero-order valence-electron chi connectivity index (χ0n) is 13.7. The van der Waals surface area contributed by atoms with Gasteiger partial charge in [-0.2, -0.15) is 0 Å². The van der Waals surface area contributed by atoms with Gasteiger partial charge in [-0.1, -0.05) is 44.9 Å². The minimum absolute atomic E-state index is 0.303. The summed E-state index contributed by atoms with van der Waals surface area (Å²) in [5.74, 6) is 0.907. The largest absolute Gasteiger partial charge is 0.361 e. The Bertz CT molecular complexity index is 525. The molecule has 2 nitrogen and oxygen atoms in total. The van der Waals surface area contributed by atoms with Gasteiger partial charge in [0.15, 0.2) is 5.78 Å². The molecule has 21 heavy (non-hydrogen) atoms. The summed E-state index contributed by atoms with van der Waals surface area (Å²) in [6.45, 7) is 8.95. The number of carbonyl (C=O) groups is 1. The van der Waals surface area contributed by atoms with Crippen LogP contribution in [-0.4, -0.2) is 5.78 Å². The van der Waals surface area contributed by atoms with Crippen LogP contribution >= 0.6 is 0 Å². The fourth-order valence-electron chi connectivity index (χ4n) is 2.86. The van der Waals surface area contributed by atoms with Gasteiger partial charge in [-0.05, 0) is 43.2 Å². The van der Waals surface area contributed by atoms with Gasteiger partial charge in [-0.15, -0.1) is 0 Å². The predicted molar refractivity (Wildman–Crippen MR) is 89.3 cm³/mol. The fraction of sp³-hybridized carbons (Fsp3) is 0.526. The monoisotopic (exact) mass is 285 g/mol. The molecular formula is C19H27NO. The van der Waals surface area contributed by atoms with Gasteiger partial charge in [0.05, 0.1) is 0 Å². The third kappa shape index (κ3) is 3.96. The van der Waals surface area contributed by atoms with Crippen molar-refractivity contribution < 1.29 is 4.79 Å². The Morgan fingerprint density at radius 1 is 1.29 bits per heavy atom. The van der Waals surface area contributed by atoms with Gasteiger partial charge in [-0.3, -0.25) is 4.79 Å². The van der Waals surface area contributed by atoms with E-state index in [-0.39, 0.29) is 0 Å². The lowest BCUT2D eigenvalue weighted by atomic mass is 9.68. The van der Waals surface area contributed by atoms with Gasteiger partial charge in [0.1, 0.15) is 0 Å². The average Bonchev–Trinajstić information content (AvgIpc) is 2.48. The summed E-state index contributed by atoms with van der Waals surface area (Å²) < 4.78 is 0. The summed E-state index contributed by atoms with van der Waals surface area (Å²) >= 11 is 0. The first-order valence-corrected chi connectivity index (χ1v) is 7.98. The molecule has 0 aromatic heterocycles. The van der Waals surface area contributed by atoms with E-state index in [1.165, 1.54) is 5.56 Å². The summed E-state index contributed by atoms with van der Waals surface area (Å²) in [6.07, 6.45) is 5.70. The molecular weight excluding hydrogens is 258 g/mol. The van der Waals surface area contributed by atoms with E-state index >= 15 is 0 Å². The van der Waals surface area contributed by atoms with Crippen LogP contribution in [0.1, 0.15) is 52.0 Å². The van der Waals surface area contributed by atoms with E-state index in [0.29, 0.717) is 23.5 Å². The van der Waals surface area contributed by atoms with Crippen LogP contribution < -0.4 is 5.32 Å². The molecule has 1 atom stereocenters. The standard InChI is InChI=1S/C19H27NO/c1-5-19(3,4)16-8-11-18(21)15(12-16)13-20-17-9-6-14(2)7-10-17/h6-7,9-10,13,16,20H,5,8,11-12H2,1-4H3/b15-13+/t16-/m1/s1. The highest BCUT2D eigenvalue weighted by atomic mass is 16.1. The number of anilines is 1. The molecule has 0 bridgehead atoms. The maximum atomic E-state index is 12.1. The number of aryl methyl sites for hydroxylation is 1. The number of carbonyl (C=O) groups excluding carboxylic acids is 1. The highest BCUT2D eigenvalue weighted by molar-refractivity contribution is 5.96. The molecule has 0 saturated heterocycles. The molecule has 114 valence electrons. The molecule has 0 heterocycles. The first kappa shape index (κ1) is 15.8. The van der Waals surface area contributed by atoms with Crippen molar-refractivity contribution in [2.75, 3.05) is 5.32 Å². The summed E-state index contributed by atoms with van der Waals surface area (Å²) in [5.41, 5.74) is 3.54. The first-order chi connectivity index (χ1) is 9.92. The van der Waals surface area contributed by atoms with Crippen LogP contribution in [-0.2, 0) is 4.79 Å². The summed E-state index contributed by atoms with van der Waals surface area (Å²) in [4.78, 5) is 12.1. The molecule has 1 aromatic rings. The minimum Gasteiger partial charge on any atom is -0.361 e. The minimum atomic E-state index is 0.303. The fourth-order valence-corrected chi connectivity index (χ4v) is 2.86. The number of ketones is 1. The lowest BCUT2D eigenvalue weighted by molar-refractivity contribution is -0.117. The van der Waals surface area contributed by atoms with Crippen molar-refractivity contribution in [1.82, 2.24) is 0 Å². The molecule has 0 radical (unpaired) electrons. The third-order valence-electron chi connectivity index (χ3n) is 5.03. The summed E-state index contributed by atoms with van der Waals surface area (Å²) in [7, 11) is 0. The van der Waals surface area contributed by atoms with Crippen LogP contribution in [0.15, 0.2) is 36.0 Å². The van der Waals surface area contributed by atoms with Gasteiger partial charge in [-0.25, -0.2) is 0 Å². The van der Waals surface area contributed by atoms with Crippen molar-refractivity contribution in [2.45, 2.75) is 53.4 Å². The summed E-state index contributed by atoms with van der Waals surface area (Å²) in [6, 6.07) is 8.25. The number of Topliss-reactive ketones (excluding diaryl/α,β-unsaturated/α-hetero) is 1. The van der Waals surface area contributed by atoms with E-state index in [1.54, 1.807) is 0 Å². The molecule has 0 aliphatic heterocycles. The second-order valence-electron chi connectivity index (χ2n) is 6.88. The van der Waals surface area contributed by atoms with Crippen LogP contribution in [0.25, 0.3) is 0 Å². The molecule has 1 saturated carbocycles. The molecule has 1 aromatic carbocycles. The molecule has 1 N–H and O–H groups in total. The number of nitrogens with one attached hydrogen (secondary N) is 1. The van der Waals surface area contributed by atoms with Gasteiger partial charge in [0.2, 0.25) is 0 Å². The SMILES string of the molecule is CCC(C)(C)[C@@H]1CCC(=O)/C(=C/Nc2ccc(C)cc2)C1. The van der Waals surface area contributed by atoms with E-state index in [1.807, 2.05) is 18.3 Å². The molecule has 1 aliphatic rings. The smallest absolute Gasteiger partial charge is 0.160 e. The van der Waals surface area contributed by atoms with E-state index in [2.05, 4.69) is 45.1 Å². The van der Waals surface area contributed by atoms with Crippen LogP contribution in [0.3, 0.4) is 0 Å². The Labute approximate surface area is 128 Å². The first-order valence-electron chi connectivity index (χ1n) is 7.98. The predicted octanol–water partition coefficient (Wildman–Crippen LogP) is 5.10. The topological polar surface area (TPSA) is 29.1 Å². The number of rotatable bonds is 4. The summed E-state index contributed by atoms with van der Waals surface area (Å²) in [5, 5.41) is 3.28. The third-order valence-corrected chi connectivity index (χ3v) is 5.03.